The fraction of sp³-hybridized carbons (Fsp3) is 0.694. The fourth-order valence-electron chi connectivity index (χ4n) is 11.0. The van der Waals surface area contributed by atoms with Gasteiger partial charge in [-0.3, -0.25) is 86.7 Å². The number of hydrogen-bond donors (Lipinski definition) is 23. The van der Waals surface area contributed by atoms with E-state index in [-0.39, 0.29) is 109 Å². The number of aliphatic hydroxyl groups is 1. The smallest absolute Gasteiger partial charge is 0.326 e. The zero-order valence-electron chi connectivity index (χ0n) is 60.5. The van der Waals surface area contributed by atoms with Crippen LogP contribution in [-0.4, -0.2) is 279 Å². The van der Waals surface area contributed by atoms with Crippen molar-refractivity contribution in [1.29, 1.82) is 0 Å². The van der Waals surface area contributed by atoms with Crippen molar-refractivity contribution in [2.24, 2.45) is 61.8 Å². The van der Waals surface area contributed by atoms with Gasteiger partial charge in [-0.2, -0.15) is 24.4 Å². The molecular formula is C62H107N23O20S2. The topological polar surface area (TPSA) is 723 Å². The molecule has 30 N–H and O–H groups in total. The molecule has 0 unspecified atom stereocenters. The molecule has 0 saturated carbocycles. The average molecular weight is 1560 g/mol. The number of thioether (sulfide) groups is 1. The molecule has 0 aromatic rings. The number of likely N-dealkylation sites (tertiary alicyclic amines) is 2. The molecule has 2 aliphatic rings. The highest BCUT2D eigenvalue weighted by Crippen LogP contribution is 2.23. The molecule has 2 saturated heterocycles. The Labute approximate surface area is 626 Å². The molecule has 45 heteroatoms. The molecule has 0 spiro atoms. The van der Waals surface area contributed by atoms with Crippen LogP contribution in [-0.2, 0) is 81.5 Å². The Balaban J connectivity index is 2.34. The van der Waals surface area contributed by atoms with E-state index in [0.29, 0.717) is 18.6 Å². The quantitative estimate of drug-likeness (QED) is 0.0116. The third-order valence-corrected chi connectivity index (χ3v) is 17.8. The number of primary amides is 2. The number of carbonyl (C=O) groups is 17. The number of aliphatic carboxylic acids is 2. The van der Waals surface area contributed by atoms with Gasteiger partial charge in [0.25, 0.3) is 0 Å². The normalized spacial score (nSPS) is 17.3. The first-order valence-electron chi connectivity index (χ1n) is 34.6. The standard InChI is InChI=1S/C62H107N23O20S2/c1-29(2)47(57(101)74-30(3)48(92)81-38(60(104)105)25-43(65)88)83-53(97)36(26-45(90)91)80-55(99)41-16-11-22-85(41)59(103)37(24-42(64)87)75-44(89)27-73-49(93)39(28-106)82-51(95)33(14-9-20-72-62(69)70)77-54(98)40-15-10-21-84(40)58(102)35(12-6-7-18-63)79-50(94)32(13-8-19-71-61(67)68)76-52(96)34(17-23-107-5)78-56(100)46(66)31(4)86/h29-41,46-47,86,106H,6-28,63,66H2,1-5H3,(H2,64,87)(H2,65,88)(H,73,93)(H,74,101)(H,75,89)(H,76,96)(H,77,98)(H,78,100)(H,79,94)(H,80,99)(H,81,92)(H,82,95)(H,83,97)(H,90,91)(H,104,105)(H4,67,68,71)(H4,69,70,72)/t30-,31+,32-,33-,34-,35-,36-,37-,38-,39-,40-,41-,46-,47-/m0/s1. The Kier molecular flexibility index (Phi) is 41.5. The number of guanidine groups is 2. The van der Waals surface area contributed by atoms with E-state index in [1.165, 1.54) is 37.4 Å². The SMILES string of the molecule is CSCC[C@H](NC(=O)[C@@H](N)[C@@H](C)O)C(=O)N[C@@H](CCCN=C(N)N)C(=O)N[C@@H](CCCCN)C(=O)N1CCC[C@H]1C(=O)N[C@@H](CCCN=C(N)N)C(=O)N[C@@H](CS)C(=O)NCC(=O)N[C@@H](CC(N)=O)C(=O)N1CCC[C@H]1C(=O)N[C@@H](CC(=O)O)C(=O)N[C@H](C(=O)N[C@@H](C)C(=O)N[C@@H](CC(N)=O)C(=O)O)C(C)C. The summed E-state index contributed by atoms with van der Waals surface area (Å²) in [5.74, 6) is -19.1. The maximum atomic E-state index is 14.7. The Hall–Kier alpha value is -9.89. The van der Waals surface area contributed by atoms with E-state index in [4.69, 9.17) is 45.9 Å². The summed E-state index contributed by atoms with van der Waals surface area (Å²) < 4.78 is 0. The summed E-state index contributed by atoms with van der Waals surface area (Å²) in [6.45, 7) is 4.50. The van der Waals surface area contributed by atoms with Gasteiger partial charge in [0.05, 0.1) is 31.9 Å². The van der Waals surface area contributed by atoms with Crippen LogP contribution in [0.4, 0.5) is 0 Å². The summed E-state index contributed by atoms with van der Waals surface area (Å²) in [5.41, 5.74) is 44.3. The van der Waals surface area contributed by atoms with Crippen LogP contribution in [0.25, 0.3) is 0 Å². The molecule has 43 nitrogen and oxygen atoms in total. The van der Waals surface area contributed by atoms with E-state index in [2.05, 4.69) is 81.1 Å². The van der Waals surface area contributed by atoms with Gasteiger partial charge in [0.2, 0.25) is 88.6 Å². The minimum absolute atomic E-state index is 0.0115. The number of nitrogens with zero attached hydrogens (tertiary/aromatic N) is 4. The van der Waals surface area contributed by atoms with Crippen molar-refractivity contribution in [2.45, 2.75) is 209 Å². The molecule has 2 aliphatic heterocycles. The first kappa shape index (κ1) is 93.2. The number of carbonyl (C=O) groups excluding carboxylic acids is 15. The second-order valence-electron chi connectivity index (χ2n) is 25.8. The highest BCUT2D eigenvalue weighted by atomic mass is 32.2. The van der Waals surface area contributed by atoms with Gasteiger partial charge in [-0.1, -0.05) is 13.8 Å². The molecular weight excluding hydrogens is 1450 g/mol. The van der Waals surface area contributed by atoms with Gasteiger partial charge in [-0.05, 0) is 115 Å². The Morgan fingerprint density at radius 3 is 1.42 bits per heavy atom. The van der Waals surface area contributed by atoms with Crippen LogP contribution in [0.3, 0.4) is 0 Å². The van der Waals surface area contributed by atoms with Gasteiger partial charge in [0, 0.05) is 31.9 Å². The zero-order valence-corrected chi connectivity index (χ0v) is 62.2. The van der Waals surface area contributed by atoms with E-state index < -0.39 is 223 Å². The van der Waals surface area contributed by atoms with Crippen molar-refractivity contribution in [3.63, 3.8) is 0 Å². The number of rotatable bonds is 49. The van der Waals surface area contributed by atoms with E-state index >= 15 is 0 Å². The Bertz CT molecular complexity index is 3200. The summed E-state index contributed by atoms with van der Waals surface area (Å²) in [5, 5.41) is 55.6. The largest absolute Gasteiger partial charge is 0.481 e. The molecule has 602 valence electrons. The molecule has 0 bridgehead atoms. The summed E-state index contributed by atoms with van der Waals surface area (Å²) >= 11 is 5.59. The van der Waals surface area contributed by atoms with Crippen molar-refractivity contribution in [3.8, 4) is 0 Å². The lowest BCUT2D eigenvalue weighted by Crippen LogP contribution is -2.60. The molecule has 0 aliphatic carbocycles. The number of unbranched alkanes of at least 4 members (excludes halogenated alkanes) is 1. The number of nitrogens with one attached hydrogen (secondary N) is 11. The third-order valence-electron chi connectivity index (χ3n) is 16.8. The van der Waals surface area contributed by atoms with Crippen LogP contribution in [0.5, 0.6) is 0 Å². The minimum atomic E-state index is -1.91. The Morgan fingerprint density at radius 1 is 0.505 bits per heavy atom. The number of aliphatic imine (C=N–C) groups is 2. The van der Waals surface area contributed by atoms with Crippen molar-refractivity contribution >= 4 is 137 Å². The number of thiol groups is 1. The van der Waals surface area contributed by atoms with E-state index in [9.17, 15) is 96.8 Å². The van der Waals surface area contributed by atoms with E-state index in [0.717, 1.165) is 11.8 Å². The molecule has 0 aromatic carbocycles. The molecule has 2 fully saturated rings. The first-order chi connectivity index (χ1) is 50.3. The van der Waals surface area contributed by atoms with Crippen LogP contribution in [0, 0.1) is 5.92 Å². The summed E-state index contributed by atoms with van der Waals surface area (Å²) in [4.78, 5) is 237. The molecule has 14 atom stereocenters. The molecule has 2 heterocycles. The average Bonchev–Trinajstić information content (AvgIpc) is 1.74. The van der Waals surface area contributed by atoms with Crippen LogP contribution >= 0.6 is 24.4 Å². The number of carboxylic acids is 2. The minimum Gasteiger partial charge on any atom is -0.481 e. The second-order valence-corrected chi connectivity index (χ2v) is 27.1. The van der Waals surface area contributed by atoms with Crippen molar-refractivity contribution in [2.75, 3.05) is 57.0 Å². The van der Waals surface area contributed by atoms with Crippen molar-refractivity contribution < 1.29 is 96.8 Å². The van der Waals surface area contributed by atoms with Crippen molar-refractivity contribution in [3.05, 3.63) is 0 Å². The number of hydrogen-bond acceptors (Lipinski definition) is 24. The lowest BCUT2D eigenvalue weighted by molar-refractivity contribution is -0.144. The number of carboxylic acid groups (broad SMARTS) is 2. The van der Waals surface area contributed by atoms with Gasteiger partial charge in [-0.15, -0.1) is 0 Å². The van der Waals surface area contributed by atoms with Crippen molar-refractivity contribution in [1.82, 2.24) is 68.3 Å². The van der Waals surface area contributed by atoms with Gasteiger partial charge >= 0.3 is 11.9 Å². The highest BCUT2D eigenvalue weighted by molar-refractivity contribution is 7.98. The molecule has 0 radical (unpaired) electrons. The number of nitrogens with two attached hydrogens (primary N) is 8. The van der Waals surface area contributed by atoms with E-state index in [1.807, 2.05) is 0 Å². The maximum Gasteiger partial charge on any atom is 0.326 e. The molecule has 0 aromatic heterocycles. The van der Waals surface area contributed by atoms with Gasteiger partial charge in [0.1, 0.15) is 78.5 Å². The molecule has 15 amide bonds. The Morgan fingerprint density at radius 2 is 0.953 bits per heavy atom. The summed E-state index contributed by atoms with van der Waals surface area (Å²) in [7, 11) is 0. The third kappa shape index (κ3) is 33.2. The second kappa shape index (κ2) is 47.6. The number of aliphatic hydroxyl groups excluding tert-OH is 1. The van der Waals surface area contributed by atoms with Crippen LogP contribution < -0.4 is 104 Å². The maximum absolute atomic E-state index is 14.7. The highest BCUT2D eigenvalue weighted by Gasteiger charge is 2.43. The monoisotopic (exact) mass is 1560 g/mol. The molecule has 2 rings (SSSR count). The van der Waals surface area contributed by atoms with Crippen LogP contribution in [0.1, 0.15) is 124 Å². The van der Waals surface area contributed by atoms with E-state index in [1.54, 1.807) is 6.26 Å². The lowest BCUT2D eigenvalue weighted by Gasteiger charge is -2.31. The summed E-state index contributed by atoms with van der Waals surface area (Å²) in [6, 6.07) is -19.4. The predicted molar refractivity (Wildman–Crippen MR) is 389 cm³/mol. The fourth-order valence-corrected chi connectivity index (χ4v) is 11.7. The van der Waals surface area contributed by atoms with Crippen LogP contribution in [0.2, 0.25) is 0 Å². The summed E-state index contributed by atoms with van der Waals surface area (Å²) in [6.07, 6.45) is -0.995. The molecule has 107 heavy (non-hydrogen) atoms. The van der Waals surface area contributed by atoms with Gasteiger partial charge < -0.3 is 129 Å². The number of amides is 15. The van der Waals surface area contributed by atoms with Gasteiger partial charge in [0.15, 0.2) is 11.9 Å². The van der Waals surface area contributed by atoms with Gasteiger partial charge in [-0.25, -0.2) is 4.79 Å². The predicted octanol–water partition coefficient (Wildman–Crippen LogP) is -10.5. The lowest BCUT2D eigenvalue weighted by atomic mass is 10.0. The van der Waals surface area contributed by atoms with Crippen LogP contribution in [0.15, 0.2) is 9.98 Å². The first-order valence-corrected chi connectivity index (χ1v) is 36.6. The zero-order chi connectivity index (χ0) is 80.9.